The molecule has 2 aromatic heterocycles. The number of fused-ring (bicyclic) bond motifs is 1. The Hall–Kier alpha value is -5.72. The fraction of sp³-hybridized carbons (Fsp3) is 0.324. The number of esters is 2. The van der Waals surface area contributed by atoms with Crippen LogP contribution in [0.5, 0.6) is 11.5 Å². The molecular formula is C34H34F3N7O11S3. The van der Waals surface area contributed by atoms with Gasteiger partial charge in [0, 0.05) is 60.4 Å². The standard InChI is InChI=1S/C32H33N7O9S3.C2HF3O2/c1-4-20(12-33)48-37-25(22-15-51-32(34)35-22)28(42)36-26-29(43)39-27(31(44)45)18(14-50-30(26)39)13-49-21-7-9-38(10-8-21)19-5-6-23(46-16(2)40)24(11-19)47-17(3)41;3-2(4,5)1(6)7/h5-11,15,20,26,30H,4,12-14,33H2,1-3H3,(H3-,34,35,36,42,44,45);(H,6,7)/b37-25-;/t20?,26-,30+;/m1./s1. The molecule has 1 fully saturated rings. The number of carboxylic acids is 2. The molecule has 310 valence electrons. The first-order valence-electron chi connectivity index (χ1n) is 16.6. The number of amides is 2. The number of nitrogens with two attached hydrogens (primary N) is 2. The molecule has 5 rings (SSSR count). The zero-order valence-electron chi connectivity index (χ0n) is 30.5. The van der Waals surface area contributed by atoms with Crippen molar-refractivity contribution in [3.05, 3.63) is 65.1 Å². The number of halogens is 3. The van der Waals surface area contributed by atoms with Gasteiger partial charge in [-0.1, -0.05) is 12.1 Å². The van der Waals surface area contributed by atoms with Crippen LogP contribution in [0.3, 0.4) is 0 Å². The van der Waals surface area contributed by atoms with E-state index in [1.165, 1.54) is 53.7 Å². The Bertz CT molecular complexity index is 2130. The van der Waals surface area contributed by atoms with Gasteiger partial charge in [0.25, 0.3) is 11.8 Å². The van der Waals surface area contributed by atoms with Crippen LogP contribution >= 0.6 is 34.9 Å². The molecule has 0 aliphatic carbocycles. The van der Waals surface area contributed by atoms with Crippen LogP contribution in [0, 0.1) is 0 Å². The number of carboxylic acid groups (broad SMARTS) is 2. The summed E-state index contributed by atoms with van der Waals surface area (Å²) in [6.07, 6.45) is -1.55. The van der Waals surface area contributed by atoms with Crippen LogP contribution in [0.15, 0.2) is 69.4 Å². The van der Waals surface area contributed by atoms with E-state index in [1.807, 2.05) is 19.1 Å². The van der Waals surface area contributed by atoms with Gasteiger partial charge in [-0.25, -0.2) is 9.78 Å². The highest BCUT2D eigenvalue weighted by atomic mass is 32.2. The van der Waals surface area contributed by atoms with E-state index >= 15 is 0 Å². The summed E-state index contributed by atoms with van der Waals surface area (Å²) in [7, 11) is 0. The van der Waals surface area contributed by atoms with Crippen LogP contribution in [-0.4, -0.2) is 98.1 Å². The lowest BCUT2D eigenvalue weighted by Crippen LogP contribution is -2.71. The summed E-state index contributed by atoms with van der Waals surface area (Å²) in [5.74, 6) is -5.88. The Morgan fingerprint density at radius 1 is 1.14 bits per heavy atom. The minimum atomic E-state index is -5.19. The Labute approximate surface area is 339 Å². The van der Waals surface area contributed by atoms with Gasteiger partial charge in [0.1, 0.15) is 34.9 Å². The summed E-state index contributed by atoms with van der Waals surface area (Å²) in [5, 5.41) is 26.7. The fourth-order valence-electron chi connectivity index (χ4n) is 5.00. The molecule has 0 spiro atoms. The van der Waals surface area contributed by atoms with Crippen molar-refractivity contribution in [3.8, 4) is 17.2 Å². The second kappa shape index (κ2) is 19.6. The summed E-state index contributed by atoms with van der Waals surface area (Å²) < 4.78 is 43.7. The zero-order valence-corrected chi connectivity index (χ0v) is 33.0. The van der Waals surface area contributed by atoms with Gasteiger partial charge in [0.15, 0.2) is 34.7 Å². The number of hydrogen-bond donors (Lipinski definition) is 4. The van der Waals surface area contributed by atoms with Crippen molar-refractivity contribution < 1.29 is 71.0 Å². The highest BCUT2D eigenvalue weighted by molar-refractivity contribution is 8.01. The first-order chi connectivity index (χ1) is 27.3. The van der Waals surface area contributed by atoms with E-state index in [4.69, 9.17) is 35.7 Å². The van der Waals surface area contributed by atoms with Crippen LogP contribution < -0.4 is 35.9 Å². The van der Waals surface area contributed by atoms with Gasteiger partial charge in [0.05, 0.1) is 6.07 Å². The molecule has 2 amide bonds. The molecule has 1 unspecified atom stereocenters. The second-order valence-electron chi connectivity index (χ2n) is 11.8. The molecule has 0 bridgehead atoms. The lowest BCUT2D eigenvalue weighted by Gasteiger charge is -2.49. The van der Waals surface area contributed by atoms with Gasteiger partial charge in [-0.3, -0.25) is 24.1 Å². The van der Waals surface area contributed by atoms with Crippen molar-refractivity contribution in [1.82, 2.24) is 15.2 Å². The molecule has 18 nitrogen and oxygen atoms in total. The Morgan fingerprint density at radius 3 is 2.31 bits per heavy atom. The number of anilines is 1. The van der Waals surface area contributed by atoms with Crippen molar-refractivity contribution in [2.24, 2.45) is 10.9 Å². The molecule has 4 heterocycles. The number of oxime groups is 1. The van der Waals surface area contributed by atoms with Gasteiger partial charge in [-0.15, -0.1) is 34.9 Å². The number of nitrogens with zero attached hydrogens (tertiary/aromatic N) is 4. The van der Waals surface area contributed by atoms with Crippen molar-refractivity contribution in [2.75, 3.05) is 23.8 Å². The quantitative estimate of drug-likeness (QED) is 0.0336. The van der Waals surface area contributed by atoms with E-state index in [2.05, 4.69) is 15.5 Å². The Kier molecular flexibility index (Phi) is 15.2. The van der Waals surface area contributed by atoms with Crippen molar-refractivity contribution in [2.45, 2.75) is 55.8 Å². The lowest BCUT2D eigenvalue weighted by atomic mass is 10.0. The minimum Gasteiger partial charge on any atom is -0.542 e. The molecule has 0 saturated carbocycles. The maximum Gasteiger partial charge on any atom is 0.430 e. The third-order valence-electron chi connectivity index (χ3n) is 7.70. The first kappa shape index (κ1) is 45.0. The van der Waals surface area contributed by atoms with Gasteiger partial charge < -0.3 is 46.1 Å². The summed E-state index contributed by atoms with van der Waals surface area (Å²) in [6.45, 7) is 4.51. The third kappa shape index (κ3) is 11.4. The third-order valence-corrected chi connectivity index (χ3v) is 10.8. The summed E-state index contributed by atoms with van der Waals surface area (Å²) in [6, 6.07) is 7.42. The number of carbonyl (C=O) groups excluding carboxylic acids is 5. The average molecular weight is 870 g/mol. The van der Waals surface area contributed by atoms with E-state index in [1.54, 1.807) is 29.1 Å². The number of aliphatic carboxylic acids is 2. The van der Waals surface area contributed by atoms with Crippen LogP contribution in [-0.2, 0) is 33.6 Å². The number of hydrogen-bond acceptors (Lipinski definition) is 17. The van der Waals surface area contributed by atoms with E-state index < -0.39 is 59.4 Å². The molecular weight excluding hydrogens is 836 g/mol. The van der Waals surface area contributed by atoms with E-state index in [-0.39, 0.29) is 40.3 Å². The SMILES string of the molecule is CCC(CN)O/N=C(\C(=O)N[C@@H]1C(=O)N2C(C(=O)O)=C(CSc3cc[n+](-c4ccc(OC(C)=O)c(OC(C)=O)c4)cc3)CS[C@@H]12)c1csc(N)n1.O=C([O-])C(F)(F)F. The Morgan fingerprint density at radius 2 is 1.78 bits per heavy atom. The lowest BCUT2D eigenvalue weighted by molar-refractivity contribution is -0.596. The van der Waals surface area contributed by atoms with Crippen LogP contribution in [0.2, 0.25) is 0 Å². The molecule has 2 aliphatic rings. The minimum absolute atomic E-state index is 0.0876. The number of alkyl halides is 3. The van der Waals surface area contributed by atoms with Crippen LogP contribution in [0.4, 0.5) is 18.3 Å². The number of carbonyl (C=O) groups is 6. The molecule has 3 aromatic rings. The van der Waals surface area contributed by atoms with Gasteiger partial charge in [-0.05, 0) is 18.1 Å². The van der Waals surface area contributed by atoms with E-state index in [0.29, 0.717) is 29.2 Å². The molecule has 6 N–H and O–H groups in total. The number of ether oxygens (including phenoxy) is 2. The van der Waals surface area contributed by atoms with E-state index in [9.17, 15) is 42.3 Å². The molecule has 2 aliphatic heterocycles. The van der Waals surface area contributed by atoms with Crippen molar-refractivity contribution in [3.63, 3.8) is 0 Å². The largest absolute Gasteiger partial charge is 0.542 e. The predicted octanol–water partition coefficient (Wildman–Crippen LogP) is 1.14. The topological polar surface area (TPSA) is 270 Å². The number of thioether (sulfide) groups is 2. The van der Waals surface area contributed by atoms with E-state index in [0.717, 1.165) is 16.2 Å². The maximum atomic E-state index is 13.4. The number of thiazole rings is 1. The molecule has 0 radical (unpaired) electrons. The summed E-state index contributed by atoms with van der Waals surface area (Å²) >= 11 is 3.84. The summed E-state index contributed by atoms with van der Waals surface area (Å²) in [4.78, 5) is 82.5. The van der Waals surface area contributed by atoms with Crippen molar-refractivity contribution in [1.29, 1.82) is 0 Å². The highest BCUT2D eigenvalue weighted by Gasteiger charge is 2.54. The number of benzene rings is 1. The Balaban J connectivity index is 0.000000973. The smallest absolute Gasteiger partial charge is 0.430 e. The number of aromatic nitrogens is 2. The molecule has 1 aromatic carbocycles. The van der Waals surface area contributed by atoms with Gasteiger partial charge >= 0.3 is 24.1 Å². The van der Waals surface area contributed by atoms with Crippen LogP contribution in [0.25, 0.3) is 5.69 Å². The first-order valence-corrected chi connectivity index (χ1v) is 19.6. The maximum absolute atomic E-state index is 13.4. The normalized spacial score (nSPS) is 16.8. The fourth-order valence-corrected chi connectivity index (χ4v) is 7.92. The van der Waals surface area contributed by atoms with Gasteiger partial charge in [0.2, 0.25) is 5.69 Å². The molecule has 58 heavy (non-hydrogen) atoms. The number of rotatable bonds is 14. The second-order valence-corrected chi connectivity index (χ2v) is 14.9. The number of pyridine rings is 1. The molecule has 24 heteroatoms. The molecule has 3 atom stereocenters. The molecule has 1 saturated heterocycles. The summed E-state index contributed by atoms with van der Waals surface area (Å²) in [5.41, 5.74) is 12.5. The van der Waals surface area contributed by atoms with Crippen molar-refractivity contribution >= 4 is 81.4 Å². The van der Waals surface area contributed by atoms with Gasteiger partial charge in [-0.2, -0.15) is 17.7 Å². The zero-order chi connectivity index (χ0) is 42.9. The predicted molar refractivity (Wildman–Crippen MR) is 199 cm³/mol. The number of nitrogens with one attached hydrogen (secondary N) is 1. The monoisotopic (exact) mass is 869 g/mol. The number of β-lactam (4-membered cyclic amide) rings is 1. The highest BCUT2D eigenvalue weighted by Crippen LogP contribution is 2.41. The average Bonchev–Trinajstić information content (AvgIpc) is 3.59. The number of nitrogen functional groups attached to an aromatic ring is 1. The van der Waals surface area contributed by atoms with Crippen LogP contribution in [0.1, 0.15) is 32.9 Å².